The first-order valence-electron chi connectivity index (χ1n) is 5.07. The first-order valence-corrected chi connectivity index (χ1v) is 5.45. The number of H-pyrrole nitrogens is 1. The maximum absolute atomic E-state index is 5.94. The zero-order valence-corrected chi connectivity index (χ0v) is 9.70. The Hall–Kier alpha value is -1.39. The lowest BCUT2D eigenvalue weighted by atomic mass is 10.0. The van der Waals surface area contributed by atoms with E-state index in [-0.39, 0.29) is 6.04 Å². The Bertz CT molecular complexity index is 441. The fraction of sp³-hybridized carbons (Fsp3) is 0.273. The van der Waals surface area contributed by atoms with E-state index < -0.39 is 0 Å². The highest BCUT2D eigenvalue weighted by molar-refractivity contribution is 6.30. The molecule has 4 nitrogen and oxygen atoms in total. The molecule has 0 bridgehead atoms. The van der Waals surface area contributed by atoms with E-state index in [9.17, 15) is 0 Å². The molecule has 2 aromatic rings. The van der Waals surface area contributed by atoms with Crippen molar-refractivity contribution in [2.24, 2.45) is 0 Å². The van der Waals surface area contributed by atoms with Gasteiger partial charge >= 0.3 is 0 Å². The van der Waals surface area contributed by atoms with Gasteiger partial charge in [0.15, 0.2) is 0 Å². The molecule has 5 heteroatoms. The topological polar surface area (TPSA) is 53.6 Å². The van der Waals surface area contributed by atoms with Crippen LogP contribution in [0.15, 0.2) is 30.5 Å². The molecule has 0 aliphatic heterocycles. The van der Waals surface area contributed by atoms with Crippen molar-refractivity contribution in [1.29, 1.82) is 0 Å². The van der Waals surface area contributed by atoms with Crippen LogP contribution in [0.1, 0.15) is 17.3 Å². The van der Waals surface area contributed by atoms with Crippen LogP contribution in [0, 0.1) is 0 Å². The summed E-state index contributed by atoms with van der Waals surface area (Å²) in [5.74, 6) is 0. The third-order valence-corrected chi connectivity index (χ3v) is 2.70. The highest BCUT2D eigenvalue weighted by atomic mass is 35.5. The number of aromatic amines is 1. The van der Waals surface area contributed by atoms with Crippen molar-refractivity contribution in [1.82, 2.24) is 20.7 Å². The van der Waals surface area contributed by atoms with E-state index in [0.717, 1.165) is 17.1 Å². The number of likely N-dealkylation sites (N-methyl/N-ethyl adjacent to an activating group) is 1. The molecule has 1 unspecified atom stereocenters. The van der Waals surface area contributed by atoms with Crippen LogP contribution in [0.25, 0.3) is 0 Å². The van der Waals surface area contributed by atoms with E-state index in [0.29, 0.717) is 0 Å². The predicted molar refractivity (Wildman–Crippen MR) is 63.3 cm³/mol. The van der Waals surface area contributed by atoms with E-state index >= 15 is 0 Å². The Morgan fingerprint density at radius 3 is 3.00 bits per heavy atom. The molecule has 0 radical (unpaired) electrons. The number of nitrogens with one attached hydrogen (secondary N) is 2. The number of hydrogen-bond acceptors (Lipinski definition) is 3. The quantitative estimate of drug-likeness (QED) is 0.853. The lowest BCUT2D eigenvalue weighted by Gasteiger charge is -2.13. The number of rotatable bonds is 4. The van der Waals surface area contributed by atoms with Crippen molar-refractivity contribution in [2.75, 3.05) is 7.05 Å². The van der Waals surface area contributed by atoms with Gasteiger partial charge in [0.05, 0.1) is 17.9 Å². The fourth-order valence-electron chi connectivity index (χ4n) is 1.63. The summed E-state index contributed by atoms with van der Waals surface area (Å²) >= 11 is 5.94. The van der Waals surface area contributed by atoms with Gasteiger partial charge in [-0.05, 0) is 31.2 Å². The highest BCUT2D eigenvalue weighted by Gasteiger charge is 2.12. The monoisotopic (exact) mass is 236 g/mol. The van der Waals surface area contributed by atoms with E-state index in [4.69, 9.17) is 11.6 Å². The average molecular weight is 237 g/mol. The van der Waals surface area contributed by atoms with Crippen LogP contribution in [-0.2, 0) is 6.42 Å². The number of benzene rings is 1. The molecule has 1 aromatic carbocycles. The van der Waals surface area contributed by atoms with Crippen molar-refractivity contribution < 1.29 is 0 Å². The number of nitrogens with zero attached hydrogens (tertiary/aromatic N) is 2. The largest absolute Gasteiger partial charge is 0.311 e. The van der Waals surface area contributed by atoms with Gasteiger partial charge in [0, 0.05) is 5.02 Å². The van der Waals surface area contributed by atoms with Gasteiger partial charge in [-0.3, -0.25) is 0 Å². The van der Waals surface area contributed by atoms with Crippen LogP contribution in [0.4, 0.5) is 0 Å². The summed E-state index contributed by atoms with van der Waals surface area (Å²) in [7, 11) is 1.91. The Labute approximate surface area is 99.0 Å². The second-order valence-electron chi connectivity index (χ2n) is 3.57. The van der Waals surface area contributed by atoms with Gasteiger partial charge < -0.3 is 5.32 Å². The number of aromatic nitrogens is 3. The molecule has 0 fully saturated rings. The summed E-state index contributed by atoms with van der Waals surface area (Å²) in [6.07, 6.45) is 2.56. The second-order valence-corrected chi connectivity index (χ2v) is 4.01. The summed E-state index contributed by atoms with van der Waals surface area (Å²) in [6, 6.07) is 7.99. The van der Waals surface area contributed by atoms with Crippen molar-refractivity contribution in [2.45, 2.75) is 12.5 Å². The van der Waals surface area contributed by atoms with Crippen molar-refractivity contribution in [3.63, 3.8) is 0 Å². The van der Waals surface area contributed by atoms with Crippen LogP contribution >= 0.6 is 11.6 Å². The first-order chi connectivity index (χ1) is 7.79. The fourth-order valence-corrected chi connectivity index (χ4v) is 1.85. The summed E-state index contributed by atoms with van der Waals surface area (Å²) in [5.41, 5.74) is 2.08. The summed E-state index contributed by atoms with van der Waals surface area (Å²) in [5, 5.41) is 14.5. The average Bonchev–Trinajstić information content (AvgIpc) is 2.79. The second kappa shape index (κ2) is 5.09. The van der Waals surface area contributed by atoms with Gasteiger partial charge in [0.2, 0.25) is 0 Å². The molecule has 0 aliphatic rings. The van der Waals surface area contributed by atoms with E-state index in [2.05, 4.69) is 26.8 Å². The number of hydrogen-bond donors (Lipinski definition) is 2. The SMILES string of the molecule is CNC(Cc1cccc(Cl)c1)c1cn[nH]n1. The molecule has 84 valence electrons. The molecule has 1 heterocycles. The highest BCUT2D eigenvalue weighted by Crippen LogP contribution is 2.18. The van der Waals surface area contributed by atoms with E-state index in [1.54, 1.807) is 6.20 Å². The van der Waals surface area contributed by atoms with Crippen LogP contribution in [-0.4, -0.2) is 22.5 Å². The summed E-state index contributed by atoms with van der Waals surface area (Å²) in [6.45, 7) is 0. The Kier molecular flexibility index (Phi) is 3.54. The molecule has 1 atom stereocenters. The zero-order valence-electron chi connectivity index (χ0n) is 8.94. The summed E-state index contributed by atoms with van der Waals surface area (Å²) in [4.78, 5) is 0. The van der Waals surface area contributed by atoms with Gasteiger partial charge in [-0.25, -0.2) is 0 Å². The van der Waals surface area contributed by atoms with Crippen molar-refractivity contribution >= 4 is 11.6 Å². The Morgan fingerprint density at radius 1 is 1.50 bits per heavy atom. The Balaban J connectivity index is 2.13. The van der Waals surface area contributed by atoms with Gasteiger partial charge in [-0.2, -0.15) is 15.4 Å². The lowest BCUT2D eigenvalue weighted by Crippen LogP contribution is -2.19. The summed E-state index contributed by atoms with van der Waals surface area (Å²) < 4.78 is 0. The maximum Gasteiger partial charge on any atom is 0.0997 e. The smallest absolute Gasteiger partial charge is 0.0997 e. The van der Waals surface area contributed by atoms with Gasteiger partial charge in [-0.15, -0.1) is 0 Å². The zero-order chi connectivity index (χ0) is 11.4. The van der Waals surface area contributed by atoms with Crippen molar-refractivity contribution in [3.05, 3.63) is 46.7 Å². The van der Waals surface area contributed by atoms with Gasteiger partial charge in [0.1, 0.15) is 0 Å². The molecule has 0 aliphatic carbocycles. The molecule has 16 heavy (non-hydrogen) atoms. The minimum atomic E-state index is 0.150. The first kappa shape index (κ1) is 11.1. The molecule has 0 saturated carbocycles. The van der Waals surface area contributed by atoms with E-state index in [1.165, 1.54) is 5.56 Å². The van der Waals surface area contributed by atoms with Crippen LogP contribution < -0.4 is 5.32 Å². The van der Waals surface area contributed by atoms with Crippen molar-refractivity contribution in [3.8, 4) is 0 Å². The Morgan fingerprint density at radius 2 is 2.38 bits per heavy atom. The molecule has 2 rings (SSSR count). The maximum atomic E-state index is 5.94. The van der Waals surface area contributed by atoms with Gasteiger partial charge in [-0.1, -0.05) is 23.7 Å². The van der Waals surface area contributed by atoms with E-state index in [1.807, 2.05) is 25.2 Å². The molecule has 0 amide bonds. The normalized spacial score (nSPS) is 12.6. The number of halogens is 1. The van der Waals surface area contributed by atoms with Crippen LogP contribution in [0.2, 0.25) is 5.02 Å². The van der Waals surface area contributed by atoms with Crippen LogP contribution in [0.5, 0.6) is 0 Å². The molecule has 0 saturated heterocycles. The molecular weight excluding hydrogens is 224 g/mol. The third-order valence-electron chi connectivity index (χ3n) is 2.47. The standard InChI is InChI=1S/C11H13ClN4/c1-13-10(11-7-14-16-15-11)6-8-3-2-4-9(12)5-8/h2-5,7,10,13H,6H2,1H3,(H,14,15,16). The molecular formula is C11H13ClN4. The predicted octanol–water partition coefficient (Wildman–Crippen LogP) is 1.96. The minimum Gasteiger partial charge on any atom is -0.311 e. The minimum absolute atomic E-state index is 0.150. The molecule has 0 spiro atoms. The van der Waals surface area contributed by atoms with Crippen LogP contribution in [0.3, 0.4) is 0 Å². The third kappa shape index (κ3) is 2.59. The molecule has 2 N–H and O–H groups in total. The lowest BCUT2D eigenvalue weighted by molar-refractivity contribution is 0.574. The molecule has 1 aromatic heterocycles. The van der Waals surface area contributed by atoms with Gasteiger partial charge in [0.25, 0.3) is 0 Å².